The normalized spacial score (nSPS) is 10.8. The van der Waals surface area contributed by atoms with E-state index in [0.717, 1.165) is 6.21 Å². The molecule has 1 aromatic heterocycles. The molecule has 0 spiro atoms. The van der Waals surface area contributed by atoms with E-state index in [4.69, 9.17) is 9.94 Å². The van der Waals surface area contributed by atoms with Crippen LogP contribution in [0.15, 0.2) is 66.1 Å². The van der Waals surface area contributed by atoms with Crippen molar-refractivity contribution >= 4 is 11.9 Å². The second-order valence-corrected chi connectivity index (χ2v) is 5.25. The molecule has 0 aliphatic heterocycles. The van der Waals surface area contributed by atoms with E-state index >= 15 is 0 Å². The van der Waals surface area contributed by atoms with Crippen LogP contribution >= 0.6 is 0 Å². The lowest BCUT2D eigenvalue weighted by molar-refractivity contribution is -0.384. The summed E-state index contributed by atoms with van der Waals surface area (Å²) in [6.45, 7) is 0. The van der Waals surface area contributed by atoms with Crippen molar-refractivity contribution in [2.24, 2.45) is 5.16 Å². The topological polar surface area (TPSA) is 118 Å². The number of ether oxygens (including phenoxy) is 1. The van der Waals surface area contributed by atoms with Crippen LogP contribution in [0.1, 0.15) is 5.56 Å². The lowest BCUT2D eigenvalue weighted by Crippen LogP contribution is -1.93. The molecule has 0 radical (unpaired) electrons. The molecule has 0 aliphatic rings. The van der Waals surface area contributed by atoms with Gasteiger partial charge in [0.05, 0.1) is 11.1 Å². The number of phenolic OH excluding ortho intramolecular Hbond substituents is 1. The van der Waals surface area contributed by atoms with Gasteiger partial charge in [0.2, 0.25) is 0 Å². The maximum atomic E-state index is 11.0. The summed E-state index contributed by atoms with van der Waals surface area (Å²) < 4.78 is 5.73. The van der Waals surface area contributed by atoms with E-state index in [-0.39, 0.29) is 17.0 Å². The number of phenols is 1. The molecule has 8 nitrogen and oxygen atoms in total. The first kappa shape index (κ1) is 16.9. The standard InChI is InChI=1S/C18H13N3O5/c22-18-13(11-20-23)9-16(26-15-4-6-19-7-5-15)10-17(18)12-2-1-3-14(8-12)21(24)25/h1-11,22-23H. The fraction of sp³-hybridized carbons (Fsp3) is 0. The highest BCUT2D eigenvalue weighted by Gasteiger charge is 2.15. The summed E-state index contributed by atoms with van der Waals surface area (Å²) in [6, 6.07) is 12.2. The van der Waals surface area contributed by atoms with E-state index in [0.29, 0.717) is 22.6 Å². The minimum absolute atomic E-state index is 0.111. The van der Waals surface area contributed by atoms with Crippen LogP contribution in [0.4, 0.5) is 5.69 Å². The molecule has 3 aromatic rings. The molecule has 0 saturated carbocycles. The molecule has 8 heteroatoms. The monoisotopic (exact) mass is 351 g/mol. The number of oxime groups is 1. The molecule has 2 aromatic carbocycles. The van der Waals surface area contributed by atoms with Gasteiger partial charge in [-0.25, -0.2) is 0 Å². The van der Waals surface area contributed by atoms with Crippen molar-refractivity contribution < 1.29 is 20.0 Å². The fourth-order valence-electron chi connectivity index (χ4n) is 2.40. The number of nitro benzene ring substituents is 1. The summed E-state index contributed by atoms with van der Waals surface area (Å²) in [5, 5.41) is 33.2. The number of nitro groups is 1. The molecule has 3 rings (SSSR count). The molecule has 2 N–H and O–H groups in total. The van der Waals surface area contributed by atoms with E-state index in [2.05, 4.69) is 10.1 Å². The zero-order valence-corrected chi connectivity index (χ0v) is 13.3. The quantitative estimate of drug-likeness (QED) is 0.311. The molecule has 0 fully saturated rings. The van der Waals surface area contributed by atoms with Gasteiger partial charge in [0.25, 0.3) is 5.69 Å². The molecule has 130 valence electrons. The average molecular weight is 351 g/mol. The van der Waals surface area contributed by atoms with Crippen LogP contribution in [0.5, 0.6) is 17.2 Å². The summed E-state index contributed by atoms with van der Waals surface area (Å²) in [5.74, 6) is 0.679. The minimum atomic E-state index is -0.520. The van der Waals surface area contributed by atoms with Crippen molar-refractivity contribution in [1.29, 1.82) is 0 Å². The smallest absolute Gasteiger partial charge is 0.270 e. The predicted octanol–water partition coefficient (Wildman–Crippen LogP) is 3.96. The fourth-order valence-corrected chi connectivity index (χ4v) is 2.40. The molecule has 0 aliphatic carbocycles. The van der Waals surface area contributed by atoms with Crippen LogP contribution in [0.3, 0.4) is 0 Å². The predicted molar refractivity (Wildman–Crippen MR) is 93.9 cm³/mol. The van der Waals surface area contributed by atoms with E-state index in [1.54, 1.807) is 36.7 Å². The second-order valence-electron chi connectivity index (χ2n) is 5.25. The molecule has 1 heterocycles. The number of rotatable bonds is 5. The van der Waals surface area contributed by atoms with Gasteiger partial charge in [0, 0.05) is 35.7 Å². The van der Waals surface area contributed by atoms with Crippen LogP contribution in [-0.2, 0) is 0 Å². The Balaban J connectivity index is 2.11. The van der Waals surface area contributed by atoms with E-state index in [1.165, 1.54) is 24.3 Å². The summed E-state index contributed by atoms with van der Waals surface area (Å²) in [7, 11) is 0. The Bertz CT molecular complexity index is 974. The highest BCUT2D eigenvalue weighted by atomic mass is 16.6. The summed E-state index contributed by atoms with van der Waals surface area (Å²) in [6.07, 6.45) is 4.18. The SMILES string of the molecule is O=[N+]([O-])c1cccc(-c2cc(Oc3ccncc3)cc(C=NO)c2O)c1. The number of non-ortho nitro benzene ring substituents is 1. The Labute approximate surface area is 147 Å². The molecule has 0 saturated heterocycles. The lowest BCUT2D eigenvalue weighted by atomic mass is 10.0. The van der Waals surface area contributed by atoms with Crippen molar-refractivity contribution in [3.63, 3.8) is 0 Å². The Morgan fingerprint density at radius 2 is 1.88 bits per heavy atom. The number of aromatic hydroxyl groups is 1. The van der Waals surface area contributed by atoms with Gasteiger partial charge < -0.3 is 15.1 Å². The van der Waals surface area contributed by atoms with Crippen LogP contribution in [0, 0.1) is 10.1 Å². The first-order valence-electron chi connectivity index (χ1n) is 7.45. The van der Waals surface area contributed by atoms with Gasteiger partial charge in [0.15, 0.2) is 0 Å². The average Bonchev–Trinajstić information content (AvgIpc) is 2.65. The number of aromatic nitrogens is 1. The first-order chi connectivity index (χ1) is 12.6. The van der Waals surface area contributed by atoms with Crippen molar-refractivity contribution in [3.8, 4) is 28.4 Å². The highest BCUT2D eigenvalue weighted by molar-refractivity contribution is 5.89. The van der Waals surface area contributed by atoms with Crippen molar-refractivity contribution in [3.05, 3.63) is 76.6 Å². The third-order valence-electron chi connectivity index (χ3n) is 3.56. The molecule has 0 amide bonds. The highest BCUT2D eigenvalue weighted by Crippen LogP contribution is 2.38. The Morgan fingerprint density at radius 3 is 2.58 bits per heavy atom. The number of pyridine rings is 1. The molecule has 26 heavy (non-hydrogen) atoms. The summed E-state index contributed by atoms with van der Waals surface area (Å²) >= 11 is 0. The minimum Gasteiger partial charge on any atom is -0.507 e. The Kier molecular flexibility index (Phi) is 4.75. The van der Waals surface area contributed by atoms with Gasteiger partial charge in [0.1, 0.15) is 17.2 Å². The largest absolute Gasteiger partial charge is 0.507 e. The van der Waals surface area contributed by atoms with E-state index in [9.17, 15) is 15.2 Å². The third-order valence-corrected chi connectivity index (χ3v) is 3.56. The Hall–Kier alpha value is -3.94. The van der Waals surface area contributed by atoms with Gasteiger partial charge in [-0.1, -0.05) is 17.3 Å². The van der Waals surface area contributed by atoms with Gasteiger partial charge >= 0.3 is 0 Å². The summed E-state index contributed by atoms with van der Waals surface area (Å²) in [5.41, 5.74) is 0.805. The zero-order valence-electron chi connectivity index (χ0n) is 13.3. The number of nitrogens with zero attached hydrogens (tertiary/aromatic N) is 3. The van der Waals surface area contributed by atoms with Gasteiger partial charge in [-0.2, -0.15) is 0 Å². The molecular formula is C18H13N3O5. The maximum Gasteiger partial charge on any atom is 0.270 e. The lowest BCUT2D eigenvalue weighted by Gasteiger charge is -2.12. The van der Waals surface area contributed by atoms with Crippen LogP contribution in [0.2, 0.25) is 0 Å². The Morgan fingerprint density at radius 1 is 1.12 bits per heavy atom. The molecule has 0 atom stereocenters. The van der Waals surface area contributed by atoms with Gasteiger partial charge in [-0.3, -0.25) is 15.1 Å². The number of hydrogen-bond donors (Lipinski definition) is 2. The molecule has 0 bridgehead atoms. The zero-order chi connectivity index (χ0) is 18.5. The van der Waals surface area contributed by atoms with Crippen LogP contribution < -0.4 is 4.74 Å². The van der Waals surface area contributed by atoms with Crippen molar-refractivity contribution in [2.45, 2.75) is 0 Å². The number of hydrogen-bond acceptors (Lipinski definition) is 7. The molecular weight excluding hydrogens is 338 g/mol. The second kappa shape index (κ2) is 7.31. The molecule has 0 unspecified atom stereocenters. The number of benzene rings is 2. The van der Waals surface area contributed by atoms with Crippen molar-refractivity contribution in [2.75, 3.05) is 0 Å². The van der Waals surface area contributed by atoms with Crippen LogP contribution in [0.25, 0.3) is 11.1 Å². The summed E-state index contributed by atoms with van der Waals surface area (Å²) in [4.78, 5) is 14.4. The van der Waals surface area contributed by atoms with E-state index in [1.807, 2.05) is 0 Å². The van der Waals surface area contributed by atoms with Crippen molar-refractivity contribution in [1.82, 2.24) is 4.98 Å². The third kappa shape index (κ3) is 3.59. The maximum absolute atomic E-state index is 11.0. The van der Waals surface area contributed by atoms with E-state index < -0.39 is 4.92 Å². The first-order valence-corrected chi connectivity index (χ1v) is 7.45. The van der Waals surface area contributed by atoms with Gasteiger partial charge in [-0.15, -0.1) is 0 Å². The van der Waals surface area contributed by atoms with Gasteiger partial charge in [-0.05, 0) is 29.8 Å². The van der Waals surface area contributed by atoms with Crippen LogP contribution in [-0.4, -0.2) is 26.4 Å².